The number of β-amino-alcohol motifs (C(OH)–C–C–N with tert-alkyl or cyclic N) is 1. The Hall–Kier alpha value is -1.88. The average Bonchev–Trinajstić information content (AvgIpc) is 2.46. The molecule has 0 aromatic heterocycles. The number of anilines is 1. The molecule has 2 amide bonds. The number of likely N-dealkylation sites (tertiary alicyclic amines) is 1. The Morgan fingerprint density at radius 3 is 2.81 bits per heavy atom. The molecule has 0 radical (unpaired) electrons. The van der Waals surface area contributed by atoms with Crippen molar-refractivity contribution < 1.29 is 14.7 Å². The second-order valence-corrected chi connectivity index (χ2v) is 5.78. The van der Waals surface area contributed by atoms with Crippen LogP contribution in [0.3, 0.4) is 0 Å². The number of aliphatic hydroxyl groups excluding tert-OH is 1. The van der Waals surface area contributed by atoms with Crippen LogP contribution in [0.15, 0.2) is 24.3 Å². The summed E-state index contributed by atoms with van der Waals surface area (Å²) in [5, 5.41) is 12.2. The van der Waals surface area contributed by atoms with E-state index < -0.39 is 17.9 Å². The maximum atomic E-state index is 12.1. The fourth-order valence-electron chi connectivity index (χ4n) is 2.44. The van der Waals surface area contributed by atoms with Crippen LogP contribution in [0.4, 0.5) is 5.69 Å². The van der Waals surface area contributed by atoms with E-state index in [9.17, 15) is 14.7 Å². The molecule has 1 saturated heterocycles. The molecule has 0 bridgehead atoms. The lowest BCUT2D eigenvalue weighted by Gasteiger charge is -2.29. The van der Waals surface area contributed by atoms with Gasteiger partial charge in [-0.15, -0.1) is 0 Å². The van der Waals surface area contributed by atoms with Crippen LogP contribution in [0.2, 0.25) is 0 Å². The van der Waals surface area contributed by atoms with E-state index in [0.717, 1.165) is 12.0 Å². The first-order valence-corrected chi connectivity index (χ1v) is 7.35. The number of carbonyl (C=O) groups is 2. The molecule has 5 nitrogen and oxygen atoms in total. The van der Waals surface area contributed by atoms with Gasteiger partial charge < -0.3 is 15.3 Å². The first kappa shape index (κ1) is 15.5. The van der Waals surface area contributed by atoms with Gasteiger partial charge >= 0.3 is 11.8 Å². The Kier molecular flexibility index (Phi) is 4.96. The second kappa shape index (κ2) is 6.72. The highest BCUT2D eigenvalue weighted by Crippen LogP contribution is 2.18. The summed E-state index contributed by atoms with van der Waals surface area (Å²) in [7, 11) is 0. The van der Waals surface area contributed by atoms with Crippen molar-refractivity contribution in [3.63, 3.8) is 0 Å². The molecule has 0 aliphatic carbocycles. The third-order valence-corrected chi connectivity index (χ3v) is 3.69. The molecular formula is C16H22N2O3. The van der Waals surface area contributed by atoms with Crippen molar-refractivity contribution in [2.24, 2.45) is 0 Å². The molecule has 1 aliphatic heterocycles. The molecule has 1 heterocycles. The van der Waals surface area contributed by atoms with Gasteiger partial charge in [0.15, 0.2) is 0 Å². The minimum Gasteiger partial charge on any atom is -0.391 e. The van der Waals surface area contributed by atoms with Gasteiger partial charge in [0, 0.05) is 18.8 Å². The predicted octanol–water partition coefficient (Wildman–Crippen LogP) is 1.73. The summed E-state index contributed by atoms with van der Waals surface area (Å²) in [6.07, 6.45) is 0.880. The Balaban J connectivity index is 2.00. The van der Waals surface area contributed by atoms with Crippen molar-refractivity contribution in [3.05, 3.63) is 29.8 Å². The summed E-state index contributed by atoms with van der Waals surface area (Å²) in [6.45, 7) is 4.90. The summed E-state index contributed by atoms with van der Waals surface area (Å²) in [4.78, 5) is 25.5. The number of hydrogen-bond acceptors (Lipinski definition) is 3. The zero-order valence-electron chi connectivity index (χ0n) is 12.5. The van der Waals surface area contributed by atoms with Gasteiger partial charge in [0.05, 0.1) is 6.10 Å². The average molecular weight is 290 g/mol. The molecule has 1 aromatic rings. The zero-order valence-corrected chi connectivity index (χ0v) is 12.5. The Labute approximate surface area is 125 Å². The van der Waals surface area contributed by atoms with Crippen molar-refractivity contribution in [2.75, 3.05) is 18.4 Å². The zero-order chi connectivity index (χ0) is 15.4. The highest BCUT2D eigenvalue weighted by Gasteiger charge is 2.26. The normalized spacial score (nSPS) is 18.7. The summed E-state index contributed by atoms with van der Waals surface area (Å²) in [6, 6.07) is 7.49. The fourth-order valence-corrected chi connectivity index (χ4v) is 2.44. The van der Waals surface area contributed by atoms with E-state index in [-0.39, 0.29) is 6.54 Å². The highest BCUT2D eigenvalue weighted by molar-refractivity contribution is 6.39. The van der Waals surface area contributed by atoms with Crippen LogP contribution in [-0.2, 0) is 9.59 Å². The van der Waals surface area contributed by atoms with E-state index in [1.807, 2.05) is 18.2 Å². The lowest BCUT2D eigenvalue weighted by Crippen LogP contribution is -2.46. The smallest absolute Gasteiger partial charge is 0.313 e. The van der Waals surface area contributed by atoms with Crippen molar-refractivity contribution in [1.82, 2.24) is 4.90 Å². The number of amides is 2. The quantitative estimate of drug-likeness (QED) is 0.815. The van der Waals surface area contributed by atoms with Crippen LogP contribution in [0.5, 0.6) is 0 Å². The molecule has 1 aliphatic rings. The maximum Gasteiger partial charge on any atom is 0.313 e. The van der Waals surface area contributed by atoms with E-state index >= 15 is 0 Å². The molecule has 0 spiro atoms. The van der Waals surface area contributed by atoms with Crippen LogP contribution < -0.4 is 5.32 Å². The molecule has 2 N–H and O–H groups in total. The number of aliphatic hydroxyl groups is 1. The highest BCUT2D eigenvalue weighted by atomic mass is 16.3. The number of carbonyl (C=O) groups excluding carboxylic acids is 2. The number of rotatable bonds is 2. The molecule has 114 valence electrons. The Morgan fingerprint density at radius 2 is 2.14 bits per heavy atom. The standard InChI is InChI=1S/C16H22N2O3/c1-11(2)12-5-3-6-13(9-12)17-15(20)16(21)18-8-4-7-14(19)10-18/h3,5-6,9,11,14,19H,4,7-8,10H2,1-2H3,(H,17,20). The third kappa shape index (κ3) is 4.04. The van der Waals surface area contributed by atoms with E-state index in [1.165, 1.54) is 4.90 Å². The van der Waals surface area contributed by atoms with E-state index in [4.69, 9.17) is 0 Å². The SMILES string of the molecule is CC(C)c1cccc(NC(=O)C(=O)N2CCCC(O)C2)c1. The first-order valence-electron chi connectivity index (χ1n) is 7.35. The number of nitrogens with one attached hydrogen (secondary N) is 1. The number of piperidine rings is 1. The molecule has 1 atom stereocenters. The summed E-state index contributed by atoms with van der Waals surface area (Å²) < 4.78 is 0. The number of nitrogens with zero attached hydrogens (tertiary/aromatic N) is 1. The monoisotopic (exact) mass is 290 g/mol. The van der Waals surface area contributed by atoms with Gasteiger partial charge in [0.25, 0.3) is 0 Å². The molecule has 2 rings (SSSR count). The Bertz CT molecular complexity index is 528. The van der Waals surface area contributed by atoms with Gasteiger partial charge in [-0.05, 0) is 36.5 Å². The summed E-state index contributed by atoms with van der Waals surface area (Å²) in [5.74, 6) is -0.872. The van der Waals surface area contributed by atoms with Gasteiger partial charge in [-0.1, -0.05) is 26.0 Å². The van der Waals surface area contributed by atoms with E-state index in [1.54, 1.807) is 6.07 Å². The van der Waals surface area contributed by atoms with Crippen LogP contribution in [-0.4, -0.2) is 41.0 Å². The van der Waals surface area contributed by atoms with Crippen LogP contribution >= 0.6 is 0 Å². The Morgan fingerprint density at radius 1 is 1.38 bits per heavy atom. The van der Waals surface area contributed by atoms with Gasteiger partial charge in [-0.2, -0.15) is 0 Å². The van der Waals surface area contributed by atoms with Crippen LogP contribution in [0.25, 0.3) is 0 Å². The van der Waals surface area contributed by atoms with E-state index in [0.29, 0.717) is 24.6 Å². The maximum absolute atomic E-state index is 12.1. The van der Waals surface area contributed by atoms with Crippen molar-refractivity contribution >= 4 is 17.5 Å². The fraction of sp³-hybridized carbons (Fsp3) is 0.500. The first-order chi connectivity index (χ1) is 9.97. The second-order valence-electron chi connectivity index (χ2n) is 5.78. The molecule has 1 unspecified atom stereocenters. The molecular weight excluding hydrogens is 268 g/mol. The van der Waals surface area contributed by atoms with Gasteiger partial charge in [0.2, 0.25) is 0 Å². The minimum atomic E-state index is -0.648. The molecule has 0 saturated carbocycles. The minimum absolute atomic E-state index is 0.234. The number of benzene rings is 1. The molecule has 1 fully saturated rings. The van der Waals surface area contributed by atoms with Crippen LogP contribution in [0, 0.1) is 0 Å². The lowest BCUT2D eigenvalue weighted by atomic mass is 10.0. The number of hydrogen-bond donors (Lipinski definition) is 2. The topological polar surface area (TPSA) is 69.6 Å². The molecule has 1 aromatic carbocycles. The van der Waals surface area contributed by atoms with Crippen molar-refractivity contribution in [3.8, 4) is 0 Å². The largest absolute Gasteiger partial charge is 0.391 e. The molecule has 5 heteroatoms. The predicted molar refractivity (Wildman–Crippen MR) is 81.0 cm³/mol. The van der Waals surface area contributed by atoms with E-state index in [2.05, 4.69) is 19.2 Å². The lowest BCUT2D eigenvalue weighted by molar-refractivity contribution is -0.145. The van der Waals surface area contributed by atoms with Crippen LogP contribution in [0.1, 0.15) is 38.2 Å². The summed E-state index contributed by atoms with van der Waals surface area (Å²) >= 11 is 0. The summed E-state index contributed by atoms with van der Waals surface area (Å²) in [5.41, 5.74) is 1.73. The van der Waals surface area contributed by atoms with Gasteiger partial charge in [0.1, 0.15) is 0 Å². The van der Waals surface area contributed by atoms with Crippen molar-refractivity contribution in [2.45, 2.75) is 38.7 Å². The van der Waals surface area contributed by atoms with Crippen molar-refractivity contribution in [1.29, 1.82) is 0 Å². The molecule has 21 heavy (non-hydrogen) atoms. The third-order valence-electron chi connectivity index (χ3n) is 3.69. The van der Waals surface area contributed by atoms with Gasteiger partial charge in [-0.3, -0.25) is 9.59 Å². The van der Waals surface area contributed by atoms with Gasteiger partial charge in [-0.25, -0.2) is 0 Å².